The van der Waals surface area contributed by atoms with E-state index in [0.717, 1.165) is 76.0 Å². The highest BCUT2D eigenvalue weighted by molar-refractivity contribution is 5.55. The van der Waals surface area contributed by atoms with Crippen LogP contribution in [0, 0.1) is 0 Å². The molecule has 4 aliphatic rings. The summed E-state index contributed by atoms with van der Waals surface area (Å²) >= 11 is 0. The number of nitrogen functional groups attached to an aromatic ring is 3. The quantitative estimate of drug-likeness (QED) is 0.259. The summed E-state index contributed by atoms with van der Waals surface area (Å²) in [7, 11) is 2.19. The van der Waals surface area contributed by atoms with Crippen LogP contribution < -0.4 is 37.2 Å². The number of benzene rings is 3. The van der Waals surface area contributed by atoms with Gasteiger partial charge in [-0.1, -0.05) is 0 Å². The third-order valence-electron chi connectivity index (χ3n) is 10.6. The molecule has 10 heteroatoms. The average molecular weight is 699 g/mol. The summed E-state index contributed by atoms with van der Waals surface area (Å²) in [6.07, 6.45) is 7.84. The number of rotatable bonds is 7. The second kappa shape index (κ2) is 21.0. The molecule has 3 aromatic carbocycles. The maximum Gasteiger partial charge on any atom is 0.0368 e. The summed E-state index contributed by atoms with van der Waals surface area (Å²) in [5, 5.41) is 3.39. The Morgan fingerprint density at radius 1 is 0.431 bits per heavy atom. The van der Waals surface area contributed by atoms with E-state index in [1.807, 2.05) is 36.4 Å². The zero-order chi connectivity index (χ0) is 35.7. The second-order valence-electron chi connectivity index (χ2n) is 14.6. The van der Waals surface area contributed by atoms with Crippen LogP contribution >= 0.6 is 0 Å². The van der Waals surface area contributed by atoms with Crippen molar-refractivity contribution in [2.24, 2.45) is 0 Å². The number of likely N-dealkylation sites (tertiary alicyclic amines) is 1. The van der Waals surface area contributed by atoms with E-state index in [2.05, 4.69) is 78.2 Å². The minimum Gasteiger partial charge on any atom is -0.399 e. The van der Waals surface area contributed by atoms with Gasteiger partial charge in [-0.2, -0.15) is 0 Å². The van der Waals surface area contributed by atoms with E-state index in [9.17, 15) is 0 Å². The van der Waals surface area contributed by atoms with E-state index >= 15 is 0 Å². The van der Waals surface area contributed by atoms with Gasteiger partial charge in [-0.25, -0.2) is 0 Å². The summed E-state index contributed by atoms with van der Waals surface area (Å²) in [5.74, 6) is 0. The number of hydrogen-bond donors (Lipinski definition) is 4. The van der Waals surface area contributed by atoms with E-state index in [-0.39, 0.29) is 0 Å². The van der Waals surface area contributed by atoms with Crippen molar-refractivity contribution >= 4 is 34.1 Å². The molecule has 0 bridgehead atoms. The van der Waals surface area contributed by atoms with Crippen LogP contribution in [-0.2, 0) is 0 Å². The molecule has 0 aromatic heterocycles. The van der Waals surface area contributed by atoms with Gasteiger partial charge in [-0.05, 0) is 164 Å². The molecule has 51 heavy (non-hydrogen) atoms. The molecule has 3 aromatic rings. The van der Waals surface area contributed by atoms with Crippen molar-refractivity contribution in [2.45, 2.75) is 38.5 Å². The summed E-state index contributed by atoms with van der Waals surface area (Å²) < 4.78 is 0. The highest BCUT2D eigenvalue weighted by atomic mass is 15.2. The van der Waals surface area contributed by atoms with Crippen LogP contribution in [0.3, 0.4) is 0 Å². The van der Waals surface area contributed by atoms with Crippen LogP contribution in [0.4, 0.5) is 34.1 Å². The third-order valence-corrected chi connectivity index (χ3v) is 10.6. The summed E-state index contributed by atoms with van der Waals surface area (Å²) in [5.41, 5.74) is 23.5. The van der Waals surface area contributed by atoms with Crippen molar-refractivity contribution in [3.05, 3.63) is 72.8 Å². The highest BCUT2D eigenvalue weighted by Crippen LogP contribution is 2.20. The van der Waals surface area contributed by atoms with Gasteiger partial charge >= 0.3 is 0 Å². The summed E-state index contributed by atoms with van der Waals surface area (Å²) in [4.78, 5) is 15.0. The number of likely N-dealkylation sites (N-methyl/N-ethyl adjacent to an activating group) is 1. The highest BCUT2D eigenvalue weighted by Gasteiger charge is 2.17. The molecule has 4 fully saturated rings. The van der Waals surface area contributed by atoms with Gasteiger partial charge in [0.1, 0.15) is 0 Å². The van der Waals surface area contributed by atoms with Crippen LogP contribution in [0.2, 0.25) is 0 Å². The van der Waals surface area contributed by atoms with E-state index in [1.54, 1.807) is 0 Å². The van der Waals surface area contributed by atoms with E-state index in [1.165, 1.54) is 101 Å². The largest absolute Gasteiger partial charge is 0.399 e. The molecule has 7 N–H and O–H groups in total. The van der Waals surface area contributed by atoms with Crippen molar-refractivity contribution in [3.63, 3.8) is 0 Å². The topological polar surface area (TPSA) is 110 Å². The van der Waals surface area contributed by atoms with Gasteiger partial charge in [-0.15, -0.1) is 0 Å². The number of nitrogens with one attached hydrogen (secondary N) is 1. The van der Waals surface area contributed by atoms with Crippen molar-refractivity contribution in [1.82, 2.24) is 20.0 Å². The number of nitrogens with zero attached hydrogens (tertiary/aromatic N) is 6. The maximum atomic E-state index is 5.78. The van der Waals surface area contributed by atoms with Gasteiger partial charge < -0.3 is 51.9 Å². The Hall–Kier alpha value is -3.70. The number of hydrogen-bond acceptors (Lipinski definition) is 10. The number of anilines is 6. The van der Waals surface area contributed by atoms with Crippen molar-refractivity contribution in [3.8, 4) is 0 Å². The SMILES string of the molecule is CN1CCCN(c2ccc(N)cc2)CC1.Nc1ccc(N2CCCN(CCCN3CCCC3)CC2)cc1.Nc1ccc(N2CCCNCC2)cc1. The lowest BCUT2D eigenvalue weighted by Crippen LogP contribution is -2.33. The predicted molar refractivity (Wildman–Crippen MR) is 220 cm³/mol. The van der Waals surface area contributed by atoms with Gasteiger partial charge in [0, 0.05) is 93.0 Å². The van der Waals surface area contributed by atoms with Crippen LogP contribution in [0.1, 0.15) is 38.5 Å². The van der Waals surface area contributed by atoms with Gasteiger partial charge in [0.2, 0.25) is 0 Å². The second-order valence-corrected chi connectivity index (χ2v) is 14.6. The van der Waals surface area contributed by atoms with Gasteiger partial charge in [0.25, 0.3) is 0 Å². The first-order valence-electron chi connectivity index (χ1n) is 19.6. The fourth-order valence-corrected chi connectivity index (χ4v) is 7.44. The fraction of sp³-hybridized carbons (Fsp3) is 0.561. The first kappa shape index (κ1) is 38.5. The minimum atomic E-state index is 0.835. The van der Waals surface area contributed by atoms with Crippen LogP contribution in [0.25, 0.3) is 0 Å². The Balaban J connectivity index is 0.000000154. The predicted octanol–water partition coefficient (Wildman–Crippen LogP) is 4.75. The maximum absolute atomic E-state index is 5.78. The zero-order valence-electron chi connectivity index (χ0n) is 31.4. The molecule has 0 atom stereocenters. The first-order chi connectivity index (χ1) is 24.9. The molecule has 0 radical (unpaired) electrons. The zero-order valence-corrected chi connectivity index (χ0v) is 31.4. The molecule has 0 spiro atoms. The molecule has 4 aliphatic heterocycles. The lowest BCUT2D eigenvalue weighted by molar-refractivity contribution is 0.257. The molecule has 4 saturated heterocycles. The van der Waals surface area contributed by atoms with Crippen molar-refractivity contribution < 1.29 is 0 Å². The molecular weight excluding hydrogens is 633 g/mol. The molecule has 0 amide bonds. The van der Waals surface area contributed by atoms with E-state index in [4.69, 9.17) is 17.2 Å². The molecule has 7 rings (SSSR count). The Bertz CT molecular complexity index is 1350. The smallest absolute Gasteiger partial charge is 0.0368 e. The Morgan fingerprint density at radius 2 is 0.863 bits per heavy atom. The summed E-state index contributed by atoms with van der Waals surface area (Å²) in [6, 6.07) is 24.6. The lowest BCUT2D eigenvalue weighted by atomic mass is 10.2. The van der Waals surface area contributed by atoms with Crippen LogP contribution in [0.15, 0.2) is 72.8 Å². The minimum absolute atomic E-state index is 0.835. The van der Waals surface area contributed by atoms with Gasteiger partial charge in [0.15, 0.2) is 0 Å². The fourth-order valence-electron chi connectivity index (χ4n) is 7.44. The van der Waals surface area contributed by atoms with Crippen LogP contribution in [0.5, 0.6) is 0 Å². The third kappa shape index (κ3) is 13.4. The van der Waals surface area contributed by atoms with Crippen molar-refractivity contribution in [2.75, 3.05) is 144 Å². The Labute approximate surface area is 308 Å². The number of nitrogens with two attached hydrogens (primary N) is 3. The molecule has 10 nitrogen and oxygen atoms in total. The Kier molecular flexibility index (Phi) is 15.8. The molecule has 0 aliphatic carbocycles. The lowest BCUT2D eigenvalue weighted by Gasteiger charge is -2.24. The summed E-state index contributed by atoms with van der Waals surface area (Å²) in [6.45, 7) is 18.9. The monoisotopic (exact) mass is 699 g/mol. The van der Waals surface area contributed by atoms with Crippen LogP contribution in [-0.4, -0.2) is 126 Å². The van der Waals surface area contributed by atoms with E-state index in [0.29, 0.717) is 0 Å². The van der Waals surface area contributed by atoms with Gasteiger partial charge in [0.05, 0.1) is 0 Å². The molecule has 280 valence electrons. The molecular formula is C41H66N10. The normalized spacial score (nSPS) is 19.6. The first-order valence-corrected chi connectivity index (χ1v) is 19.6. The molecule has 0 saturated carbocycles. The Morgan fingerprint density at radius 3 is 1.41 bits per heavy atom. The van der Waals surface area contributed by atoms with Gasteiger partial charge in [-0.3, -0.25) is 0 Å². The standard InChI is InChI=1S/C18H30N4.C12H19N3.C11H17N3/c19-17-5-7-18(8-6-17)22-14-4-13-21(15-16-22)12-3-11-20-9-1-2-10-20;1-14-7-2-8-15(10-9-14)12-5-3-11(13)4-6-12;12-10-2-4-11(5-3-10)14-8-1-6-13-7-9-14/h5-8H,1-4,9-16,19H2;3-6H,2,7-10,13H2,1H3;2-5,13H,1,6-9,12H2. The van der Waals surface area contributed by atoms with Crippen molar-refractivity contribution in [1.29, 1.82) is 0 Å². The van der Waals surface area contributed by atoms with E-state index < -0.39 is 0 Å². The molecule has 4 heterocycles. The average Bonchev–Trinajstić information content (AvgIpc) is 3.30. The molecule has 0 unspecified atom stereocenters.